The van der Waals surface area contributed by atoms with E-state index in [-0.39, 0.29) is 5.72 Å². The van der Waals surface area contributed by atoms with Gasteiger partial charge in [-0.1, -0.05) is 12.1 Å². The lowest BCUT2D eigenvalue weighted by molar-refractivity contribution is 0.131. The number of anilines is 1. The highest BCUT2D eigenvalue weighted by molar-refractivity contribution is 5.63. The van der Waals surface area contributed by atoms with E-state index in [4.69, 9.17) is 4.74 Å². The lowest BCUT2D eigenvalue weighted by Crippen LogP contribution is -2.43. The summed E-state index contributed by atoms with van der Waals surface area (Å²) in [5.74, 6) is 0.995. The molecular formula is C11H15NO. The zero-order valence-corrected chi connectivity index (χ0v) is 8.37. The van der Waals surface area contributed by atoms with Gasteiger partial charge >= 0.3 is 0 Å². The van der Waals surface area contributed by atoms with E-state index in [9.17, 15) is 0 Å². The topological polar surface area (TPSA) is 12.5 Å². The molecule has 0 radical (unpaired) electrons. The maximum Gasteiger partial charge on any atom is 0.177 e. The van der Waals surface area contributed by atoms with E-state index < -0.39 is 0 Å². The summed E-state index contributed by atoms with van der Waals surface area (Å²) in [7, 11) is 0. The Morgan fingerprint density at radius 2 is 2.00 bits per heavy atom. The largest absolute Gasteiger partial charge is 0.466 e. The second-order valence-electron chi connectivity index (χ2n) is 3.76. The maximum atomic E-state index is 5.82. The zero-order valence-electron chi connectivity index (χ0n) is 8.37. The summed E-state index contributed by atoms with van der Waals surface area (Å²) in [6.07, 6.45) is 0. The normalized spacial score (nSPS) is 18.2. The molecule has 1 aromatic carbocycles. The van der Waals surface area contributed by atoms with E-state index in [1.807, 2.05) is 18.2 Å². The smallest absolute Gasteiger partial charge is 0.177 e. The second-order valence-corrected chi connectivity index (χ2v) is 3.76. The monoisotopic (exact) mass is 177 g/mol. The fraction of sp³-hybridized carbons (Fsp3) is 0.455. The molecule has 0 unspecified atom stereocenters. The Balaban J connectivity index is 2.46. The van der Waals surface area contributed by atoms with Gasteiger partial charge in [0.25, 0.3) is 0 Å². The number of hydrogen-bond donors (Lipinski definition) is 0. The molecule has 0 saturated heterocycles. The minimum atomic E-state index is -0.196. The molecule has 0 amide bonds. The van der Waals surface area contributed by atoms with E-state index in [1.54, 1.807) is 0 Å². The van der Waals surface area contributed by atoms with E-state index in [2.05, 4.69) is 31.7 Å². The van der Waals surface area contributed by atoms with Crippen LogP contribution in [-0.4, -0.2) is 12.3 Å². The molecular weight excluding hydrogens is 162 g/mol. The second kappa shape index (κ2) is 2.66. The van der Waals surface area contributed by atoms with Gasteiger partial charge in [0.1, 0.15) is 5.75 Å². The van der Waals surface area contributed by atoms with Crippen molar-refractivity contribution in [2.45, 2.75) is 26.5 Å². The van der Waals surface area contributed by atoms with Gasteiger partial charge in [0.2, 0.25) is 0 Å². The van der Waals surface area contributed by atoms with Crippen molar-refractivity contribution in [1.82, 2.24) is 0 Å². The average molecular weight is 177 g/mol. The molecule has 0 spiro atoms. The predicted octanol–water partition coefficient (Wildman–Crippen LogP) is 2.64. The third kappa shape index (κ3) is 1.17. The fourth-order valence-corrected chi connectivity index (χ4v) is 1.93. The lowest BCUT2D eigenvalue weighted by Gasteiger charge is -2.30. The van der Waals surface area contributed by atoms with Crippen molar-refractivity contribution >= 4 is 5.69 Å². The molecule has 0 atom stereocenters. The van der Waals surface area contributed by atoms with Crippen molar-refractivity contribution in [2.75, 3.05) is 11.4 Å². The Hall–Kier alpha value is -1.18. The summed E-state index contributed by atoms with van der Waals surface area (Å²) < 4.78 is 5.82. The molecule has 0 aliphatic carbocycles. The van der Waals surface area contributed by atoms with Crippen LogP contribution in [0.1, 0.15) is 20.8 Å². The number of hydrogen-bond acceptors (Lipinski definition) is 2. The first kappa shape index (κ1) is 8.42. The quantitative estimate of drug-likeness (QED) is 0.654. The van der Waals surface area contributed by atoms with Gasteiger partial charge in [-0.25, -0.2) is 0 Å². The molecule has 2 nitrogen and oxygen atoms in total. The Morgan fingerprint density at radius 1 is 1.31 bits per heavy atom. The van der Waals surface area contributed by atoms with E-state index >= 15 is 0 Å². The molecule has 0 saturated carbocycles. The summed E-state index contributed by atoms with van der Waals surface area (Å²) >= 11 is 0. The Kier molecular flexibility index (Phi) is 1.72. The number of ether oxygens (including phenoxy) is 1. The molecule has 1 aromatic rings. The number of para-hydroxylation sites is 2. The third-order valence-electron chi connectivity index (χ3n) is 2.48. The van der Waals surface area contributed by atoms with Gasteiger partial charge in [-0.2, -0.15) is 0 Å². The van der Waals surface area contributed by atoms with Gasteiger partial charge in [0, 0.05) is 6.54 Å². The lowest BCUT2D eigenvalue weighted by atomic mass is 10.2. The van der Waals surface area contributed by atoms with Crippen LogP contribution in [0.25, 0.3) is 0 Å². The van der Waals surface area contributed by atoms with Crippen molar-refractivity contribution in [3.8, 4) is 5.75 Å². The zero-order chi connectivity index (χ0) is 9.47. The standard InChI is InChI=1S/C11H15NO/c1-4-12-9-7-5-6-8-10(9)13-11(12,2)3/h5-8H,4H2,1-3H3. The fourth-order valence-electron chi connectivity index (χ4n) is 1.93. The molecule has 1 heterocycles. The van der Waals surface area contributed by atoms with E-state index in [0.29, 0.717) is 0 Å². The molecule has 0 aromatic heterocycles. The highest BCUT2D eigenvalue weighted by Gasteiger charge is 2.36. The van der Waals surface area contributed by atoms with Gasteiger partial charge in [0.05, 0.1) is 5.69 Å². The Morgan fingerprint density at radius 3 is 2.69 bits per heavy atom. The first-order chi connectivity index (χ1) is 6.15. The van der Waals surface area contributed by atoms with Crippen molar-refractivity contribution < 1.29 is 4.74 Å². The number of nitrogens with zero attached hydrogens (tertiary/aromatic N) is 1. The molecule has 2 heteroatoms. The summed E-state index contributed by atoms with van der Waals surface area (Å²) in [6, 6.07) is 8.18. The van der Waals surface area contributed by atoms with Gasteiger partial charge in [-0.05, 0) is 32.9 Å². The number of benzene rings is 1. The van der Waals surface area contributed by atoms with Crippen LogP contribution in [0.3, 0.4) is 0 Å². The van der Waals surface area contributed by atoms with Crippen molar-refractivity contribution in [1.29, 1.82) is 0 Å². The predicted molar refractivity (Wildman–Crippen MR) is 54.2 cm³/mol. The molecule has 0 N–H and O–H groups in total. The summed E-state index contributed by atoms with van der Waals surface area (Å²) in [4.78, 5) is 2.27. The van der Waals surface area contributed by atoms with Crippen LogP contribution in [0.15, 0.2) is 24.3 Å². The number of rotatable bonds is 1. The van der Waals surface area contributed by atoms with Crippen LogP contribution >= 0.6 is 0 Å². The highest BCUT2D eigenvalue weighted by Crippen LogP contribution is 2.41. The molecule has 70 valence electrons. The summed E-state index contributed by atoms with van der Waals surface area (Å²) in [6.45, 7) is 7.31. The van der Waals surface area contributed by atoms with Crippen LogP contribution in [0.2, 0.25) is 0 Å². The van der Waals surface area contributed by atoms with Crippen LogP contribution < -0.4 is 9.64 Å². The van der Waals surface area contributed by atoms with E-state index in [1.165, 1.54) is 5.69 Å². The number of fused-ring (bicyclic) bond motifs is 1. The Bertz CT molecular complexity index is 320. The van der Waals surface area contributed by atoms with Gasteiger partial charge in [-0.15, -0.1) is 0 Å². The Labute approximate surface area is 79.1 Å². The molecule has 0 bridgehead atoms. The van der Waals surface area contributed by atoms with Crippen LogP contribution in [-0.2, 0) is 0 Å². The third-order valence-corrected chi connectivity index (χ3v) is 2.48. The molecule has 1 aliphatic rings. The molecule has 1 aliphatic heterocycles. The molecule has 13 heavy (non-hydrogen) atoms. The van der Waals surface area contributed by atoms with Crippen LogP contribution in [0, 0.1) is 0 Å². The van der Waals surface area contributed by atoms with E-state index in [0.717, 1.165) is 12.3 Å². The summed E-state index contributed by atoms with van der Waals surface area (Å²) in [5.41, 5.74) is 1.01. The van der Waals surface area contributed by atoms with Gasteiger partial charge in [-0.3, -0.25) is 0 Å². The highest BCUT2D eigenvalue weighted by atomic mass is 16.5. The van der Waals surface area contributed by atoms with Gasteiger partial charge < -0.3 is 9.64 Å². The first-order valence-corrected chi connectivity index (χ1v) is 4.71. The van der Waals surface area contributed by atoms with Crippen LogP contribution in [0.4, 0.5) is 5.69 Å². The summed E-state index contributed by atoms with van der Waals surface area (Å²) in [5, 5.41) is 0. The van der Waals surface area contributed by atoms with Crippen molar-refractivity contribution in [3.05, 3.63) is 24.3 Å². The SMILES string of the molecule is CCN1c2ccccc2OC1(C)C. The van der Waals surface area contributed by atoms with Gasteiger partial charge in [0.15, 0.2) is 5.72 Å². The molecule has 0 fully saturated rings. The van der Waals surface area contributed by atoms with Crippen LogP contribution in [0.5, 0.6) is 5.75 Å². The average Bonchev–Trinajstić information content (AvgIpc) is 2.33. The van der Waals surface area contributed by atoms with Crippen molar-refractivity contribution in [3.63, 3.8) is 0 Å². The minimum absolute atomic E-state index is 0.196. The maximum absolute atomic E-state index is 5.82. The minimum Gasteiger partial charge on any atom is -0.466 e. The van der Waals surface area contributed by atoms with Crippen molar-refractivity contribution in [2.24, 2.45) is 0 Å². The molecule has 2 rings (SSSR count). The first-order valence-electron chi connectivity index (χ1n) is 4.71.